The Morgan fingerprint density at radius 1 is 0.917 bits per heavy atom. The Labute approximate surface area is 224 Å². The highest BCUT2D eigenvalue weighted by atomic mass is 35.5. The summed E-state index contributed by atoms with van der Waals surface area (Å²) in [5, 5.41) is 1.01. The van der Waals surface area contributed by atoms with Gasteiger partial charge < -0.3 is 14.7 Å². The van der Waals surface area contributed by atoms with E-state index in [9.17, 15) is 19.1 Å². The average Bonchev–Trinajstić information content (AvgIpc) is 2.84. The highest BCUT2D eigenvalue weighted by Gasteiger charge is 2.40. The van der Waals surface area contributed by atoms with Crippen LogP contribution in [0.3, 0.4) is 0 Å². The number of halogens is 4. The van der Waals surface area contributed by atoms with E-state index in [0.29, 0.717) is 50.4 Å². The second kappa shape index (κ2) is 11.2. The Hall–Kier alpha value is -1.92. The van der Waals surface area contributed by atoms with Crippen molar-refractivity contribution >= 4 is 48.3 Å². The molecule has 3 aromatic carbocycles. The number of hydrogen-bond donors (Lipinski definition) is 2. The van der Waals surface area contributed by atoms with Gasteiger partial charge in [-0.1, -0.05) is 77.3 Å². The van der Waals surface area contributed by atoms with Gasteiger partial charge in [0, 0.05) is 30.1 Å². The van der Waals surface area contributed by atoms with E-state index in [2.05, 4.69) is 0 Å². The first kappa shape index (κ1) is 27.1. The number of carbonyl (C=O) groups is 1. The molecule has 190 valence electrons. The molecule has 5 nitrogen and oxygen atoms in total. The van der Waals surface area contributed by atoms with Crippen LogP contribution in [-0.2, 0) is 15.8 Å². The Bertz CT molecular complexity index is 1320. The summed E-state index contributed by atoms with van der Waals surface area (Å²) in [6.45, 7) is 0.961. The summed E-state index contributed by atoms with van der Waals surface area (Å²) in [4.78, 5) is 34.4. The summed E-state index contributed by atoms with van der Waals surface area (Å²) in [5.41, 5.74) is 0.446. The van der Waals surface area contributed by atoms with Crippen LogP contribution in [0.2, 0.25) is 15.1 Å². The maximum Gasteiger partial charge on any atom is 0.342 e. The first-order valence-electron chi connectivity index (χ1n) is 11.4. The molecule has 1 aliphatic rings. The van der Waals surface area contributed by atoms with Crippen LogP contribution in [0.1, 0.15) is 41.6 Å². The molecule has 0 radical (unpaired) electrons. The van der Waals surface area contributed by atoms with Gasteiger partial charge in [-0.25, -0.2) is 4.39 Å². The molecule has 3 aromatic rings. The number of carbonyl (C=O) groups excluding carboxylic acids is 1. The molecule has 1 unspecified atom stereocenters. The standard InChI is InChI=1S/C26H24Cl3FNO4P/c27-21-15-23(29)22(28)14-19(21)13-18-5-4-6-20(24(18)30)16-7-9-17(10-8-16)25(36(33,34)35)26(32)31-11-2-1-3-12-31/h4-10,14-15,25H,1-3,11-13H2,(H2,33,34,35). The van der Waals surface area contributed by atoms with Gasteiger partial charge in [0.2, 0.25) is 5.91 Å². The molecule has 1 saturated heterocycles. The fourth-order valence-electron chi connectivity index (χ4n) is 4.46. The van der Waals surface area contributed by atoms with E-state index in [-0.39, 0.29) is 12.0 Å². The third kappa shape index (κ3) is 5.96. The lowest BCUT2D eigenvalue weighted by Gasteiger charge is -2.30. The second-order valence-electron chi connectivity index (χ2n) is 8.81. The fourth-order valence-corrected chi connectivity index (χ4v) is 6.10. The van der Waals surface area contributed by atoms with Gasteiger partial charge in [-0.05, 0) is 53.6 Å². The van der Waals surface area contributed by atoms with Crippen LogP contribution in [-0.4, -0.2) is 33.7 Å². The lowest BCUT2D eigenvalue weighted by molar-refractivity contribution is -0.132. The first-order chi connectivity index (χ1) is 17.1. The Morgan fingerprint density at radius 3 is 2.19 bits per heavy atom. The largest absolute Gasteiger partial charge is 0.342 e. The summed E-state index contributed by atoms with van der Waals surface area (Å²) < 4.78 is 27.8. The smallest absolute Gasteiger partial charge is 0.342 e. The lowest BCUT2D eigenvalue weighted by atomic mass is 9.97. The van der Waals surface area contributed by atoms with Gasteiger partial charge in [-0.15, -0.1) is 0 Å². The molecule has 0 spiro atoms. The Balaban J connectivity index is 1.62. The Kier molecular flexibility index (Phi) is 8.45. The summed E-state index contributed by atoms with van der Waals surface area (Å²) in [6, 6.07) is 14.2. The van der Waals surface area contributed by atoms with Crippen LogP contribution in [0, 0.1) is 5.82 Å². The molecule has 10 heteroatoms. The minimum absolute atomic E-state index is 0.193. The quantitative estimate of drug-likeness (QED) is 0.241. The first-order valence-corrected chi connectivity index (χ1v) is 14.2. The van der Waals surface area contributed by atoms with Crippen molar-refractivity contribution < 1.29 is 23.5 Å². The lowest BCUT2D eigenvalue weighted by Crippen LogP contribution is -2.38. The number of nitrogens with zero attached hydrogens (tertiary/aromatic N) is 1. The topological polar surface area (TPSA) is 77.8 Å². The summed E-state index contributed by atoms with van der Waals surface area (Å²) >= 11 is 18.4. The van der Waals surface area contributed by atoms with Crippen molar-refractivity contribution in [2.45, 2.75) is 31.3 Å². The maximum absolute atomic E-state index is 15.5. The van der Waals surface area contributed by atoms with E-state index in [1.54, 1.807) is 36.4 Å². The molecule has 4 rings (SSSR count). The third-order valence-electron chi connectivity index (χ3n) is 6.32. The van der Waals surface area contributed by atoms with E-state index < -0.39 is 25.0 Å². The summed E-state index contributed by atoms with van der Waals surface area (Å²) in [6.07, 6.45) is 2.79. The van der Waals surface area contributed by atoms with Crippen molar-refractivity contribution in [3.05, 3.63) is 92.2 Å². The van der Waals surface area contributed by atoms with Crippen LogP contribution >= 0.6 is 42.4 Å². The molecule has 1 heterocycles. The predicted octanol–water partition coefficient (Wildman–Crippen LogP) is 7.28. The van der Waals surface area contributed by atoms with Gasteiger partial charge in [0.05, 0.1) is 10.0 Å². The molecule has 1 atom stereocenters. The van der Waals surface area contributed by atoms with E-state index in [0.717, 1.165) is 19.3 Å². The van der Waals surface area contributed by atoms with Gasteiger partial charge in [-0.2, -0.15) is 0 Å². The minimum atomic E-state index is -4.77. The SMILES string of the molecule is O=C(C(c1ccc(-c2cccc(Cc3cc(Cl)c(Cl)cc3Cl)c2F)cc1)P(=O)(O)O)N1CCCCC1. The highest BCUT2D eigenvalue weighted by Crippen LogP contribution is 2.53. The van der Waals surface area contributed by atoms with E-state index >= 15 is 4.39 Å². The average molecular weight is 571 g/mol. The van der Waals surface area contributed by atoms with Crippen molar-refractivity contribution in [2.24, 2.45) is 0 Å². The van der Waals surface area contributed by atoms with Gasteiger partial charge >= 0.3 is 7.60 Å². The number of amides is 1. The van der Waals surface area contributed by atoms with E-state index in [1.807, 2.05) is 0 Å². The summed E-state index contributed by atoms with van der Waals surface area (Å²) in [7, 11) is -4.77. The molecule has 0 aliphatic carbocycles. The van der Waals surface area contributed by atoms with Crippen LogP contribution in [0.5, 0.6) is 0 Å². The van der Waals surface area contributed by atoms with Crippen molar-refractivity contribution in [2.75, 3.05) is 13.1 Å². The molecule has 1 aliphatic heterocycles. The van der Waals surface area contributed by atoms with Gasteiger partial charge in [0.15, 0.2) is 5.66 Å². The number of rotatable bonds is 6. The zero-order valence-corrected chi connectivity index (χ0v) is 22.3. The molecular weight excluding hydrogens is 547 g/mol. The number of piperidine rings is 1. The fraction of sp³-hybridized carbons (Fsp3) is 0.269. The maximum atomic E-state index is 15.5. The zero-order chi connectivity index (χ0) is 26.0. The van der Waals surface area contributed by atoms with Crippen LogP contribution in [0.15, 0.2) is 54.6 Å². The monoisotopic (exact) mass is 569 g/mol. The van der Waals surface area contributed by atoms with Gasteiger partial charge in [-0.3, -0.25) is 9.36 Å². The normalized spacial score (nSPS) is 15.1. The van der Waals surface area contributed by atoms with Crippen LogP contribution in [0.25, 0.3) is 11.1 Å². The minimum Gasteiger partial charge on any atom is -0.342 e. The van der Waals surface area contributed by atoms with Gasteiger partial charge in [0.1, 0.15) is 5.82 Å². The third-order valence-corrected chi connectivity index (χ3v) is 8.59. The van der Waals surface area contributed by atoms with E-state index in [4.69, 9.17) is 34.8 Å². The number of likely N-dealkylation sites (tertiary alicyclic amines) is 1. The molecule has 0 bridgehead atoms. The van der Waals surface area contributed by atoms with Gasteiger partial charge in [0.25, 0.3) is 0 Å². The molecule has 0 saturated carbocycles. The van der Waals surface area contributed by atoms with Crippen molar-refractivity contribution in [3.63, 3.8) is 0 Å². The van der Waals surface area contributed by atoms with E-state index in [1.165, 1.54) is 23.1 Å². The molecule has 1 amide bonds. The Morgan fingerprint density at radius 2 is 1.56 bits per heavy atom. The highest BCUT2D eigenvalue weighted by molar-refractivity contribution is 7.53. The van der Waals surface area contributed by atoms with Crippen molar-refractivity contribution in [3.8, 4) is 11.1 Å². The molecule has 0 aromatic heterocycles. The van der Waals surface area contributed by atoms with Crippen LogP contribution < -0.4 is 0 Å². The number of hydrogen-bond acceptors (Lipinski definition) is 2. The molecule has 36 heavy (non-hydrogen) atoms. The number of benzene rings is 3. The van der Waals surface area contributed by atoms with Crippen LogP contribution in [0.4, 0.5) is 4.39 Å². The zero-order valence-electron chi connectivity index (χ0n) is 19.1. The summed E-state index contributed by atoms with van der Waals surface area (Å²) in [5.74, 6) is -1.04. The molecular formula is C26H24Cl3FNO4P. The second-order valence-corrected chi connectivity index (χ2v) is 11.7. The van der Waals surface area contributed by atoms with Crippen molar-refractivity contribution in [1.82, 2.24) is 4.90 Å². The van der Waals surface area contributed by atoms with Crippen molar-refractivity contribution in [1.29, 1.82) is 0 Å². The molecule has 1 fully saturated rings. The molecule has 2 N–H and O–H groups in total. The predicted molar refractivity (Wildman–Crippen MR) is 141 cm³/mol.